The second-order valence-corrected chi connectivity index (χ2v) is 10.5. The zero-order valence-electron chi connectivity index (χ0n) is 9.92. The Labute approximate surface area is 137 Å². The van der Waals surface area contributed by atoms with Gasteiger partial charge in [0.25, 0.3) is 0 Å². The van der Waals surface area contributed by atoms with E-state index >= 15 is 0 Å². The smallest absolute Gasteiger partial charge is 0.169 e. The van der Waals surface area contributed by atoms with Gasteiger partial charge in [0, 0.05) is 21.7 Å². The van der Waals surface area contributed by atoms with Crippen molar-refractivity contribution in [3.8, 4) is 0 Å². The summed E-state index contributed by atoms with van der Waals surface area (Å²) < 4.78 is 0. The maximum atomic E-state index is 6.48. The van der Waals surface area contributed by atoms with E-state index in [1.165, 1.54) is 16.3 Å². The first-order valence-corrected chi connectivity index (χ1v) is 8.97. The van der Waals surface area contributed by atoms with Gasteiger partial charge in [-0.05, 0) is 0 Å². The largest absolute Gasteiger partial charge is 0.198 e. The van der Waals surface area contributed by atoms with Crippen LogP contribution in [0, 0.1) is 6.08 Å². The first-order chi connectivity index (χ1) is 6.59. The Balaban J connectivity index is 0. The molecule has 5 heteroatoms. The van der Waals surface area contributed by atoms with Crippen molar-refractivity contribution in [2.75, 3.05) is 0 Å². The van der Waals surface area contributed by atoms with E-state index in [9.17, 15) is 0 Å². The SMILES string of the molecule is C[Si](C)(Cl)C1=C(C2=[C-]CC=C2)CC=C1.Cl.Cl.[Ti]. The summed E-state index contributed by atoms with van der Waals surface area (Å²) in [5.41, 5.74) is 2.68. The molecule has 94 valence electrons. The zero-order valence-corrected chi connectivity index (χ0v) is 14.9. The molecule has 0 heterocycles. The van der Waals surface area contributed by atoms with E-state index in [2.05, 4.69) is 43.5 Å². The van der Waals surface area contributed by atoms with Crippen molar-refractivity contribution in [2.24, 2.45) is 0 Å². The fourth-order valence-electron chi connectivity index (χ4n) is 1.93. The van der Waals surface area contributed by atoms with Crippen molar-refractivity contribution in [3.05, 3.63) is 46.7 Å². The molecule has 0 aliphatic heterocycles. The average molecular weight is 343 g/mol. The summed E-state index contributed by atoms with van der Waals surface area (Å²) in [6.07, 6.45) is 14.1. The van der Waals surface area contributed by atoms with Crippen LogP contribution in [-0.2, 0) is 21.7 Å². The molecule has 2 aliphatic carbocycles. The van der Waals surface area contributed by atoms with Crippen LogP contribution in [0.3, 0.4) is 0 Å². The topological polar surface area (TPSA) is 0 Å². The van der Waals surface area contributed by atoms with Gasteiger partial charge in [0.1, 0.15) is 0 Å². The van der Waals surface area contributed by atoms with Crippen molar-refractivity contribution in [2.45, 2.75) is 25.9 Å². The zero-order chi connectivity index (χ0) is 10.2. The summed E-state index contributed by atoms with van der Waals surface area (Å²) in [6.45, 7) is 4.36. The molecule has 0 saturated heterocycles. The number of hydrogen-bond acceptors (Lipinski definition) is 0. The number of allylic oxidation sites excluding steroid dienone is 8. The maximum Gasteiger partial charge on any atom is 0.169 e. The van der Waals surface area contributed by atoms with Crippen LogP contribution in [0.1, 0.15) is 12.8 Å². The van der Waals surface area contributed by atoms with E-state index in [0.717, 1.165) is 12.8 Å². The van der Waals surface area contributed by atoms with Crippen molar-refractivity contribution in [1.82, 2.24) is 0 Å². The number of halogens is 3. The van der Waals surface area contributed by atoms with E-state index in [4.69, 9.17) is 11.1 Å². The van der Waals surface area contributed by atoms with Gasteiger partial charge in [0.15, 0.2) is 7.38 Å². The van der Waals surface area contributed by atoms with Crippen molar-refractivity contribution >= 4 is 43.3 Å². The van der Waals surface area contributed by atoms with Crippen LogP contribution in [0.25, 0.3) is 0 Å². The number of hydrogen-bond donors (Lipinski definition) is 0. The second-order valence-electron chi connectivity index (χ2n) is 4.17. The molecule has 0 aromatic rings. The van der Waals surface area contributed by atoms with Gasteiger partial charge in [0.2, 0.25) is 0 Å². The summed E-state index contributed by atoms with van der Waals surface area (Å²) in [4.78, 5) is 0. The van der Waals surface area contributed by atoms with E-state index in [1.54, 1.807) is 0 Å². The van der Waals surface area contributed by atoms with Crippen LogP contribution >= 0.6 is 35.9 Å². The third kappa shape index (κ3) is 4.74. The normalized spacial score (nSPS) is 17.2. The first kappa shape index (κ1) is 20.1. The molecule has 0 atom stereocenters. The molecule has 0 amide bonds. The van der Waals surface area contributed by atoms with Crippen LogP contribution in [0.5, 0.6) is 0 Å². The van der Waals surface area contributed by atoms with E-state index in [0.29, 0.717) is 0 Å². The van der Waals surface area contributed by atoms with Gasteiger partial charge in [-0.1, -0.05) is 43.3 Å². The van der Waals surface area contributed by atoms with Crippen molar-refractivity contribution in [1.29, 1.82) is 0 Å². The Kier molecular flexibility index (Phi) is 9.50. The third-order valence-electron chi connectivity index (χ3n) is 2.59. The summed E-state index contributed by atoms with van der Waals surface area (Å²) >= 11 is 6.48. The van der Waals surface area contributed by atoms with Crippen LogP contribution in [0.15, 0.2) is 40.6 Å². The first-order valence-electron chi connectivity index (χ1n) is 4.96. The van der Waals surface area contributed by atoms with Crippen LogP contribution in [0.2, 0.25) is 13.1 Å². The molecule has 2 rings (SSSR count). The van der Waals surface area contributed by atoms with E-state index < -0.39 is 7.38 Å². The maximum absolute atomic E-state index is 6.48. The predicted molar refractivity (Wildman–Crippen MR) is 79.1 cm³/mol. The Morgan fingerprint density at radius 2 is 1.82 bits per heavy atom. The van der Waals surface area contributed by atoms with Gasteiger partial charge >= 0.3 is 0 Å². The fraction of sp³-hybridized carbons (Fsp3) is 0.333. The minimum atomic E-state index is -1.68. The quantitative estimate of drug-likeness (QED) is 0.386. The summed E-state index contributed by atoms with van der Waals surface area (Å²) in [6, 6.07) is 0. The molecule has 0 aromatic heterocycles. The molecule has 0 aromatic carbocycles. The second kappa shape index (κ2) is 8.04. The average Bonchev–Trinajstić information content (AvgIpc) is 2.73. The molecule has 0 unspecified atom stereocenters. The molecule has 0 spiro atoms. The van der Waals surface area contributed by atoms with Gasteiger partial charge in [-0.15, -0.1) is 36.5 Å². The Morgan fingerprint density at radius 1 is 1.18 bits per heavy atom. The van der Waals surface area contributed by atoms with Gasteiger partial charge in [-0.3, -0.25) is 0 Å². The molecular weight excluding hydrogens is 326 g/mol. The molecule has 17 heavy (non-hydrogen) atoms. The Morgan fingerprint density at radius 3 is 2.29 bits per heavy atom. The van der Waals surface area contributed by atoms with Gasteiger partial charge in [-0.2, -0.15) is 28.8 Å². The number of rotatable bonds is 2. The molecule has 0 saturated carbocycles. The van der Waals surface area contributed by atoms with Crippen LogP contribution < -0.4 is 0 Å². The molecule has 2 aliphatic rings. The van der Waals surface area contributed by atoms with E-state index in [1.807, 2.05) is 0 Å². The molecule has 0 radical (unpaired) electrons. The van der Waals surface area contributed by atoms with Gasteiger partial charge in [-0.25, -0.2) is 0 Å². The minimum Gasteiger partial charge on any atom is -0.198 e. The van der Waals surface area contributed by atoms with Crippen molar-refractivity contribution < 1.29 is 21.7 Å². The molecule has 0 N–H and O–H groups in total. The van der Waals surface area contributed by atoms with Crippen LogP contribution in [0.4, 0.5) is 0 Å². The van der Waals surface area contributed by atoms with Crippen LogP contribution in [-0.4, -0.2) is 7.38 Å². The summed E-state index contributed by atoms with van der Waals surface area (Å²) in [5.74, 6) is 0. The molecule has 0 bridgehead atoms. The van der Waals surface area contributed by atoms with Crippen molar-refractivity contribution in [3.63, 3.8) is 0 Å². The molecule has 0 nitrogen and oxygen atoms in total. The fourth-order valence-corrected chi connectivity index (χ4v) is 3.93. The molecular formula is C12H16Cl3SiTi-. The minimum absolute atomic E-state index is 0. The molecule has 0 fully saturated rings. The van der Waals surface area contributed by atoms with E-state index in [-0.39, 0.29) is 46.5 Å². The standard InChI is InChI=1S/C12H14ClSi.2ClH.Ti/c1-14(2,13)12-9-5-8-11(12)10-6-3-4-7-10;;;/h3,5-6,9H,4,8H2,1-2H3;2*1H;/q-1;;;. The summed E-state index contributed by atoms with van der Waals surface area (Å²) in [7, 11) is -1.68. The van der Waals surface area contributed by atoms with Gasteiger partial charge < -0.3 is 0 Å². The van der Waals surface area contributed by atoms with Gasteiger partial charge in [0.05, 0.1) is 0 Å². The third-order valence-corrected chi connectivity index (χ3v) is 4.95. The monoisotopic (exact) mass is 341 g/mol. The summed E-state index contributed by atoms with van der Waals surface area (Å²) in [5, 5.41) is 1.38. The Hall–Kier alpha value is 0.761. The Bertz CT molecular complexity index is 376. The predicted octanol–water partition coefficient (Wildman–Crippen LogP) is 4.76.